The Kier molecular flexibility index (Phi) is 5.13. The Morgan fingerprint density at radius 1 is 1.19 bits per heavy atom. The highest BCUT2D eigenvalue weighted by Gasteiger charge is 2.38. The zero-order chi connectivity index (χ0) is 15.6. The first-order valence-corrected chi connectivity index (χ1v) is 7.43. The van der Waals surface area contributed by atoms with E-state index < -0.39 is 24.4 Å². The fourth-order valence-corrected chi connectivity index (χ4v) is 2.94. The van der Waals surface area contributed by atoms with E-state index in [-0.39, 0.29) is 18.3 Å². The Morgan fingerprint density at radius 3 is 2.43 bits per heavy atom. The number of allylic oxidation sites excluding steroid dienone is 1. The maximum absolute atomic E-state index is 12.4. The zero-order valence-electron chi connectivity index (χ0n) is 12.5. The van der Waals surface area contributed by atoms with Crippen LogP contribution in [0.25, 0.3) is 0 Å². The lowest BCUT2D eigenvalue weighted by molar-refractivity contribution is -0.144. The van der Waals surface area contributed by atoms with Crippen molar-refractivity contribution in [2.45, 2.75) is 63.9 Å². The number of nitrogens with one attached hydrogen (secondary N) is 1. The van der Waals surface area contributed by atoms with Crippen molar-refractivity contribution < 1.29 is 24.5 Å². The van der Waals surface area contributed by atoms with Gasteiger partial charge >= 0.3 is 0 Å². The smallest absolute Gasteiger partial charge is 0.248 e. The molecule has 1 saturated heterocycles. The van der Waals surface area contributed by atoms with Crippen LogP contribution in [-0.4, -0.2) is 52.9 Å². The molecular weight excluding hydrogens is 274 g/mol. The predicted octanol–water partition coefficient (Wildman–Crippen LogP) is 0.0713. The van der Waals surface area contributed by atoms with Gasteiger partial charge in [-0.3, -0.25) is 9.59 Å². The van der Waals surface area contributed by atoms with Crippen LogP contribution in [0.4, 0.5) is 0 Å². The quantitative estimate of drug-likeness (QED) is 0.685. The maximum Gasteiger partial charge on any atom is 0.248 e. The first kappa shape index (κ1) is 16.1. The summed E-state index contributed by atoms with van der Waals surface area (Å²) in [4.78, 5) is 24.0. The second-order valence-electron chi connectivity index (χ2n) is 5.82. The molecule has 6 nitrogen and oxygen atoms in total. The fourth-order valence-electron chi connectivity index (χ4n) is 2.94. The third-order valence-electron chi connectivity index (χ3n) is 4.26. The van der Waals surface area contributed by atoms with Crippen molar-refractivity contribution in [2.24, 2.45) is 0 Å². The van der Waals surface area contributed by atoms with Crippen molar-refractivity contribution in [1.29, 1.82) is 0 Å². The molecule has 21 heavy (non-hydrogen) atoms. The van der Waals surface area contributed by atoms with Crippen LogP contribution < -0.4 is 5.32 Å². The van der Waals surface area contributed by atoms with E-state index in [1.165, 1.54) is 6.92 Å². The van der Waals surface area contributed by atoms with E-state index in [1.807, 2.05) is 0 Å². The molecule has 0 aromatic carbocycles. The van der Waals surface area contributed by atoms with Crippen LogP contribution in [0.1, 0.15) is 39.5 Å². The monoisotopic (exact) mass is 297 g/mol. The van der Waals surface area contributed by atoms with Crippen LogP contribution in [0.2, 0.25) is 0 Å². The summed E-state index contributed by atoms with van der Waals surface area (Å²) in [5.41, 5.74) is 1.06. The molecule has 2 rings (SSSR count). The molecule has 1 fully saturated rings. The number of ketones is 1. The van der Waals surface area contributed by atoms with Gasteiger partial charge in [0.15, 0.2) is 5.78 Å². The minimum atomic E-state index is -0.970. The summed E-state index contributed by atoms with van der Waals surface area (Å²) in [7, 11) is 0. The predicted molar refractivity (Wildman–Crippen MR) is 75.5 cm³/mol. The average molecular weight is 297 g/mol. The summed E-state index contributed by atoms with van der Waals surface area (Å²) >= 11 is 0. The third kappa shape index (κ3) is 3.51. The summed E-state index contributed by atoms with van der Waals surface area (Å²) in [5, 5.41) is 22.6. The minimum absolute atomic E-state index is 0.0712. The highest BCUT2D eigenvalue weighted by atomic mass is 16.5. The number of aliphatic hydroxyl groups is 2. The van der Waals surface area contributed by atoms with Crippen LogP contribution in [0.5, 0.6) is 0 Å². The van der Waals surface area contributed by atoms with Crippen LogP contribution in [-0.2, 0) is 14.3 Å². The fraction of sp³-hybridized carbons (Fsp3) is 0.733. The van der Waals surface area contributed by atoms with Gasteiger partial charge in [0.05, 0.1) is 18.8 Å². The van der Waals surface area contributed by atoms with E-state index >= 15 is 0 Å². The van der Waals surface area contributed by atoms with Gasteiger partial charge in [0.25, 0.3) is 0 Å². The Labute approximate surface area is 124 Å². The number of hydrogen-bond acceptors (Lipinski definition) is 5. The molecule has 1 aliphatic heterocycles. The molecule has 6 heteroatoms. The lowest BCUT2D eigenvalue weighted by Crippen LogP contribution is -2.60. The van der Waals surface area contributed by atoms with Crippen molar-refractivity contribution in [3.8, 4) is 0 Å². The standard InChI is InChI=1S/C15H23NO5/c1-8(17)10-5-3-4-6-11(10)15(20)16-13-12(18)7-21-9(2)14(13)19/h9,12-14,18-19H,3-7H2,1-2H3,(H,16,20). The Morgan fingerprint density at radius 2 is 1.81 bits per heavy atom. The lowest BCUT2D eigenvalue weighted by atomic mass is 9.88. The van der Waals surface area contributed by atoms with E-state index in [9.17, 15) is 19.8 Å². The molecule has 0 saturated carbocycles. The summed E-state index contributed by atoms with van der Waals surface area (Å²) in [6.45, 7) is 3.23. The van der Waals surface area contributed by atoms with Crippen molar-refractivity contribution in [1.82, 2.24) is 5.32 Å². The molecule has 0 radical (unpaired) electrons. The van der Waals surface area contributed by atoms with E-state index in [1.54, 1.807) is 6.92 Å². The van der Waals surface area contributed by atoms with Crippen molar-refractivity contribution in [3.63, 3.8) is 0 Å². The van der Waals surface area contributed by atoms with Gasteiger partial charge in [-0.25, -0.2) is 0 Å². The second-order valence-corrected chi connectivity index (χ2v) is 5.82. The highest BCUT2D eigenvalue weighted by Crippen LogP contribution is 2.26. The molecule has 0 aromatic heterocycles. The van der Waals surface area contributed by atoms with Gasteiger partial charge in [-0.2, -0.15) is 0 Å². The van der Waals surface area contributed by atoms with E-state index in [4.69, 9.17) is 4.74 Å². The molecule has 0 spiro atoms. The Bertz CT molecular complexity index is 459. The number of rotatable bonds is 3. The van der Waals surface area contributed by atoms with Gasteiger partial charge in [0.2, 0.25) is 5.91 Å². The first-order valence-electron chi connectivity index (χ1n) is 7.43. The Balaban J connectivity index is 2.14. The number of carbonyl (C=O) groups excluding carboxylic acids is 2. The van der Waals surface area contributed by atoms with Gasteiger partial charge in [-0.05, 0) is 39.5 Å². The number of Topliss-reactive ketones (excluding diaryl/α,β-unsaturated/α-hetero) is 1. The van der Waals surface area contributed by atoms with Crippen LogP contribution in [0.3, 0.4) is 0 Å². The normalized spacial score (nSPS) is 33.7. The molecule has 4 atom stereocenters. The summed E-state index contributed by atoms with van der Waals surface area (Å²) in [5.74, 6) is -0.446. The second kappa shape index (κ2) is 6.68. The summed E-state index contributed by atoms with van der Waals surface area (Å²) in [6, 6.07) is -0.774. The van der Waals surface area contributed by atoms with Crippen molar-refractivity contribution >= 4 is 11.7 Å². The summed E-state index contributed by atoms with van der Waals surface area (Å²) < 4.78 is 5.20. The van der Waals surface area contributed by atoms with Crippen LogP contribution >= 0.6 is 0 Å². The third-order valence-corrected chi connectivity index (χ3v) is 4.26. The SMILES string of the molecule is CC(=O)C1=C(C(=O)NC2C(O)COC(C)C2O)CCCC1. The van der Waals surface area contributed by atoms with Gasteiger partial charge in [0.1, 0.15) is 12.2 Å². The molecule has 1 aliphatic carbocycles. The zero-order valence-corrected chi connectivity index (χ0v) is 12.5. The molecule has 1 amide bonds. The number of carbonyl (C=O) groups is 2. The van der Waals surface area contributed by atoms with E-state index in [0.29, 0.717) is 24.0 Å². The largest absolute Gasteiger partial charge is 0.388 e. The van der Waals surface area contributed by atoms with Gasteiger partial charge in [0, 0.05) is 11.1 Å². The van der Waals surface area contributed by atoms with Crippen LogP contribution in [0, 0.1) is 0 Å². The first-order chi connectivity index (χ1) is 9.91. The topological polar surface area (TPSA) is 95.9 Å². The minimum Gasteiger partial charge on any atom is -0.388 e. The molecular formula is C15H23NO5. The van der Waals surface area contributed by atoms with Gasteiger partial charge in [-0.15, -0.1) is 0 Å². The molecule has 1 heterocycles. The molecule has 0 aromatic rings. The number of ether oxygens (including phenoxy) is 1. The molecule has 4 unspecified atom stereocenters. The average Bonchev–Trinajstić information content (AvgIpc) is 2.47. The van der Waals surface area contributed by atoms with E-state index in [0.717, 1.165) is 12.8 Å². The lowest BCUT2D eigenvalue weighted by Gasteiger charge is -2.37. The van der Waals surface area contributed by atoms with E-state index in [2.05, 4.69) is 5.32 Å². The van der Waals surface area contributed by atoms with Crippen molar-refractivity contribution in [2.75, 3.05) is 6.61 Å². The number of amides is 1. The molecule has 0 bridgehead atoms. The van der Waals surface area contributed by atoms with Gasteiger partial charge in [-0.1, -0.05) is 0 Å². The maximum atomic E-state index is 12.4. The number of aliphatic hydroxyl groups excluding tert-OH is 2. The van der Waals surface area contributed by atoms with Gasteiger partial charge < -0.3 is 20.3 Å². The summed E-state index contributed by atoms with van der Waals surface area (Å²) in [6.07, 6.45) is 0.582. The Hall–Kier alpha value is -1.24. The van der Waals surface area contributed by atoms with Crippen molar-refractivity contribution in [3.05, 3.63) is 11.1 Å². The molecule has 2 aliphatic rings. The molecule has 118 valence electrons. The number of hydrogen-bond donors (Lipinski definition) is 3. The molecule has 3 N–H and O–H groups in total. The van der Waals surface area contributed by atoms with Crippen LogP contribution in [0.15, 0.2) is 11.1 Å². The highest BCUT2D eigenvalue weighted by molar-refractivity contribution is 6.05.